The van der Waals surface area contributed by atoms with Crippen LogP contribution in [0.4, 0.5) is 5.82 Å². The van der Waals surface area contributed by atoms with Crippen molar-refractivity contribution in [3.63, 3.8) is 0 Å². The third-order valence-corrected chi connectivity index (χ3v) is 2.09. The second-order valence-electron chi connectivity index (χ2n) is 3.45. The molecule has 14 heavy (non-hydrogen) atoms. The van der Waals surface area contributed by atoms with E-state index in [-0.39, 0.29) is 5.91 Å². The number of hydrogen-bond donors (Lipinski definition) is 2. The molecule has 0 aliphatic carbocycles. The topological polar surface area (TPSA) is 44.9 Å². The van der Waals surface area contributed by atoms with Gasteiger partial charge in [0.15, 0.2) is 0 Å². The Kier molecular flexibility index (Phi) is 2.00. The standard InChI is InChI=1S/C11H12N2O/c1-7-3-4-9-6-11(12-8(2)14)13-10(9)5-7/h3-6,13H,1-2H3,(H,12,14). The number of carbonyl (C=O) groups excluding carboxylic acids is 1. The molecule has 0 unspecified atom stereocenters. The summed E-state index contributed by atoms with van der Waals surface area (Å²) >= 11 is 0. The molecular weight excluding hydrogens is 176 g/mol. The van der Waals surface area contributed by atoms with Crippen molar-refractivity contribution in [3.8, 4) is 0 Å². The number of carbonyl (C=O) groups is 1. The second kappa shape index (κ2) is 3.18. The smallest absolute Gasteiger partial charge is 0.222 e. The molecule has 1 aromatic heterocycles. The molecule has 0 spiro atoms. The number of amides is 1. The Labute approximate surface area is 82.1 Å². The quantitative estimate of drug-likeness (QED) is 0.709. The zero-order valence-electron chi connectivity index (χ0n) is 8.22. The minimum Gasteiger partial charge on any atom is -0.341 e. The molecule has 0 radical (unpaired) electrons. The van der Waals surface area contributed by atoms with Gasteiger partial charge in [0.25, 0.3) is 0 Å². The van der Waals surface area contributed by atoms with Gasteiger partial charge in [-0.1, -0.05) is 12.1 Å². The van der Waals surface area contributed by atoms with E-state index in [0.29, 0.717) is 0 Å². The van der Waals surface area contributed by atoms with Crippen LogP contribution in [0.5, 0.6) is 0 Å². The van der Waals surface area contributed by atoms with Gasteiger partial charge in [0.05, 0.1) is 0 Å². The fourth-order valence-corrected chi connectivity index (χ4v) is 1.50. The molecule has 2 rings (SSSR count). The van der Waals surface area contributed by atoms with Gasteiger partial charge in [0.1, 0.15) is 5.82 Å². The normalized spacial score (nSPS) is 10.4. The first-order valence-corrected chi connectivity index (χ1v) is 4.52. The third-order valence-electron chi connectivity index (χ3n) is 2.09. The molecule has 2 N–H and O–H groups in total. The summed E-state index contributed by atoms with van der Waals surface area (Å²) in [4.78, 5) is 14.0. The monoisotopic (exact) mass is 188 g/mol. The molecule has 0 atom stereocenters. The molecule has 1 heterocycles. The van der Waals surface area contributed by atoms with Crippen molar-refractivity contribution in [2.75, 3.05) is 5.32 Å². The number of aromatic amines is 1. The highest BCUT2D eigenvalue weighted by Gasteiger charge is 2.01. The number of aromatic nitrogens is 1. The first-order chi connectivity index (χ1) is 6.65. The van der Waals surface area contributed by atoms with Crippen LogP contribution in [0, 0.1) is 6.92 Å². The van der Waals surface area contributed by atoms with Crippen LogP contribution in [0.3, 0.4) is 0 Å². The van der Waals surface area contributed by atoms with Gasteiger partial charge in [-0.2, -0.15) is 0 Å². The van der Waals surface area contributed by atoms with Crippen LogP contribution in [0.25, 0.3) is 10.9 Å². The molecule has 0 aliphatic heterocycles. The highest BCUT2D eigenvalue weighted by molar-refractivity contribution is 5.92. The average Bonchev–Trinajstić information content (AvgIpc) is 2.44. The lowest BCUT2D eigenvalue weighted by Crippen LogP contribution is -2.05. The van der Waals surface area contributed by atoms with Crippen molar-refractivity contribution >= 4 is 22.6 Å². The number of nitrogens with one attached hydrogen (secondary N) is 2. The summed E-state index contributed by atoms with van der Waals surface area (Å²) in [6, 6.07) is 8.07. The van der Waals surface area contributed by atoms with Gasteiger partial charge in [-0.15, -0.1) is 0 Å². The van der Waals surface area contributed by atoms with Crippen LogP contribution >= 0.6 is 0 Å². The SMILES string of the molecule is CC(=O)Nc1cc2ccc(C)cc2[nH]1. The number of hydrogen-bond acceptors (Lipinski definition) is 1. The average molecular weight is 188 g/mol. The summed E-state index contributed by atoms with van der Waals surface area (Å²) in [7, 11) is 0. The zero-order chi connectivity index (χ0) is 10.1. The Hall–Kier alpha value is -1.77. The molecule has 0 saturated carbocycles. The van der Waals surface area contributed by atoms with Gasteiger partial charge in [-0.3, -0.25) is 4.79 Å². The predicted molar refractivity (Wildman–Crippen MR) is 57.3 cm³/mol. The largest absolute Gasteiger partial charge is 0.341 e. The maximum atomic E-state index is 10.8. The van der Waals surface area contributed by atoms with Gasteiger partial charge in [0, 0.05) is 17.8 Å². The van der Waals surface area contributed by atoms with E-state index in [2.05, 4.69) is 16.4 Å². The van der Waals surface area contributed by atoms with Crippen molar-refractivity contribution in [3.05, 3.63) is 29.8 Å². The second-order valence-corrected chi connectivity index (χ2v) is 3.45. The van der Waals surface area contributed by atoms with Crippen LogP contribution in [0.1, 0.15) is 12.5 Å². The summed E-state index contributed by atoms with van der Waals surface area (Å²) in [6.45, 7) is 3.54. The first kappa shape index (κ1) is 8.81. The van der Waals surface area contributed by atoms with E-state index in [0.717, 1.165) is 16.7 Å². The fourth-order valence-electron chi connectivity index (χ4n) is 1.50. The Bertz CT molecular complexity index is 485. The van der Waals surface area contributed by atoms with E-state index in [9.17, 15) is 4.79 Å². The van der Waals surface area contributed by atoms with Gasteiger partial charge in [0.2, 0.25) is 5.91 Å². The third kappa shape index (κ3) is 1.62. The van der Waals surface area contributed by atoms with Crippen molar-refractivity contribution < 1.29 is 4.79 Å². The first-order valence-electron chi connectivity index (χ1n) is 4.52. The molecule has 0 saturated heterocycles. The summed E-state index contributed by atoms with van der Waals surface area (Å²) < 4.78 is 0. The van der Waals surface area contributed by atoms with Crippen molar-refractivity contribution in [2.45, 2.75) is 13.8 Å². The summed E-state index contributed by atoms with van der Waals surface area (Å²) in [6.07, 6.45) is 0. The molecule has 0 fully saturated rings. The number of fused-ring (bicyclic) bond motifs is 1. The Morgan fingerprint density at radius 2 is 2.14 bits per heavy atom. The molecular formula is C11H12N2O. The maximum Gasteiger partial charge on any atom is 0.222 e. The molecule has 0 bridgehead atoms. The van der Waals surface area contributed by atoms with E-state index in [1.807, 2.05) is 25.1 Å². The highest BCUT2D eigenvalue weighted by Crippen LogP contribution is 2.19. The molecule has 72 valence electrons. The molecule has 2 aromatic rings. The van der Waals surface area contributed by atoms with Crippen molar-refractivity contribution in [1.29, 1.82) is 0 Å². The number of H-pyrrole nitrogens is 1. The molecule has 0 aliphatic rings. The Balaban J connectivity index is 2.46. The van der Waals surface area contributed by atoms with E-state index in [4.69, 9.17) is 0 Å². The van der Waals surface area contributed by atoms with Crippen LogP contribution in [0.15, 0.2) is 24.3 Å². The minimum absolute atomic E-state index is 0.0618. The summed E-state index contributed by atoms with van der Waals surface area (Å²) in [5.74, 6) is 0.686. The van der Waals surface area contributed by atoms with Crippen LogP contribution in [0.2, 0.25) is 0 Å². The Morgan fingerprint density at radius 1 is 1.36 bits per heavy atom. The van der Waals surface area contributed by atoms with E-state index < -0.39 is 0 Å². The lowest BCUT2D eigenvalue weighted by Gasteiger charge is -1.94. The molecule has 1 aromatic carbocycles. The van der Waals surface area contributed by atoms with Crippen molar-refractivity contribution in [2.24, 2.45) is 0 Å². The highest BCUT2D eigenvalue weighted by atomic mass is 16.1. The minimum atomic E-state index is -0.0618. The van der Waals surface area contributed by atoms with E-state index in [1.165, 1.54) is 12.5 Å². The number of benzene rings is 1. The number of aryl methyl sites for hydroxylation is 1. The van der Waals surface area contributed by atoms with Gasteiger partial charge in [-0.25, -0.2) is 0 Å². The van der Waals surface area contributed by atoms with Gasteiger partial charge in [-0.05, 0) is 24.6 Å². The van der Waals surface area contributed by atoms with E-state index >= 15 is 0 Å². The Morgan fingerprint density at radius 3 is 2.86 bits per heavy atom. The van der Waals surface area contributed by atoms with Gasteiger partial charge < -0.3 is 10.3 Å². The zero-order valence-corrected chi connectivity index (χ0v) is 8.22. The van der Waals surface area contributed by atoms with Crippen molar-refractivity contribution in [1.82, 2.24) is 4.98 Å². The van der Waals surface area contributed by atoms with Crippen LogP contribution in [-0.2, 0) is 4.79 Å². The van der Waals surface area contributed by atoms with E-state index in [1.54, 1.807) is 0 Å². The summed E-state index contributed by atoms with van der Waals surface area (Å²) in [5.41, 5.74) is 2.25. The summed E-state index contributed by atoms with van der Waals surface area (Å²) in [5, 5.41) is 3.83. The van der Waals surface area contributed by atoms with Gasteiger partial charge >= 0.3 is 0 Å². The number of anilines is 1. The lowest BCUT2D eigenvalue weighted by molar-refractivity contribution is -0.114. The number of rotatable bonds is 1. The predicted octanol–water partition coefficient (Wildman–Crippen LogP) is 2.43. The van der Waals surface area contributed by atoms with Crippen LogP contribution in [-0.4, -0.2) is 10.9 Å². The fraction of sp³-hybridized carbons (Fsp3) is 0.182. The molecule has 1 amide bonds. The van der Waals surface area contributed by atoms with Crippen LogP contribution < -0.4 is 5.32 Å². The lowest BCUT2D eigenvalue weighted by atomic mass is 10.2. The molecule has 3 heteroatoms. The maximum absolute atomic E-state index is 10.8. The molecule has 3 nitrogen and oxygen atoms in total.